The van der Waals surface area contributed by atoms with E-state index < -0.39 is 0 Å². The molecule has 2 atom stereocenters. The van der Waals surface area contributed by atoms with E-state index in [1.807, 2.05) is 44.2 Å². The van der Waals surface area contributed by atoms with Crippen LogP contribution < -0.4 is 0 Å². The molecule has 0 N–H and O–H groups in total. The van der Waals surface area contributed by atoms with Crippen LogP contribution in [0.25, 0.3) is 11.1 Å². The molecule has 1 aromatic carbocycles. The third-order valence-electron chi connectivity index (χ3n) is 7.20. The van der Waals surface area contributed by atoms with Crippen LogP contribution in [-0.4, -0.2) is 15.5 Å². The molecule has 1 aliphatic carbocycles. The number of hydrogen-bond donors (Lipinski definition) is 0. The maximum Gasteiger partial charge on any atom is 0.100 e. The monoisotopic (exact) mass is 493 g/mol. The molecule has 0 spiro atoms. The van der Waals surface area contributed by atoms with E-state index >= 15 is 0 Å². The first-order valence-corrected chi connectivity index (χ1v) is 13.8. The highest BCUT2D eigenvalue weighted by atomic mass is 15.3. The molecule has 1 aliphatic rings. The van der Waals surface area contributed by atoms with Gasteiger partial charge in [0.2, 0.25) is 0 Å². The fourth-order valence-electron chi connectivity index (χ4n) is 5.09. The molecule has 2 unspecified atom stereocenters. The lowest BCUT2D eigenvalue weighted by Gasteiger charge is -2.24. The first-order chi connectivity index (χ1) is 18.1. The average molecular weight is 494 g/mol. The van der Waals surface area contributed by atoms with Crippen molar-refractivity contribution >= 4 is 16.9 Å². The van der Waals surface area contributed by atoms with E-state index in [-0.39, 0.29) is 0 Å². The SMILES string of the molecule is C=C/N=C(\C=C(/C=C)c1cn(C2CCCCC(CC)CC2)nc1C(/C=C\C)=C/C=C\C)c1ccccc1. The molecule has 0 bridgehead atoms. The van der Waals surface area contributed by atoms with Crippen molar-refractivity contribution in [2.45, 2.75) is 71.8 Å². The summed E-state index contributed by atoms with van der Waals surface area (Å²) < 4.78 is 2.24. The highest BCUT2D eigenvalue weighted by Gasteiger charge is 2.22. The highest BCUT2D eigenvalue weighted by molar-refractivity contribution is 6.13. The van der Waals surface area contributed by atoms with Crippen LogP contribution in [0.1, 0.15) is 88.6 Å². The Balaban J connectivity index is 2.15. The standard InChI is InChI=1S/C34H43N3/c1-6-11-19-30(17-7-2)34-32(26-37(36-34)31-22-16-15-18-27(8-3)23-24-31)28(9-4)25-33(35-10-5)29-20-13-12-14-21-29/h6-7,9-14,17,19-21,25-27,31H,4-5,8,15-16,18,22-24H2,1-3H3/b11-6-,17-7-,28-25+,30-19+,35-33+. The Morgan fingerprint density at radius 2 is 1.81 bits per heavy atom. The van der Waals surface area contributed by atoms with Gasteiger partial charge in [-0.15, -0.1) is 0 Å². The van der Waals surface area contributed by atoms with Crippen molar-refractivity contribution in [3.63, 3.8) is 0 Å². The Hall–Kier alpha value is -3.46. The second kappa shape index (κ2) is 14.9. The summed E-state index contributed by atoms with van der Waals surface area (Å²) in [6, 6.07) is 10.6. The summed E-state index contributed by atoms with van der Waals surface area (Å²) in [5, 5.41) is 5.24. The summed E-state index contributed by atoms with van der Waals surface area (Å²) in [5.74, 6) is 0.831. The van der Waals surface area contributed by atoms with Crippen LogP contribution in [0.15, 0.2) is 103 Å². The van der Waals surface area contributed by atoms with Gasteiger partial charge < -0.3 is 0 Å². The fraction of sp³-hybridized carbons (Fsp3) is 0.353. The van der Waals surface area contributed by atoms with Crippen LogP contribution in [-0.2, 0) is 0 Å². The van der Waals surface area contributed by atoms with Gasteiger partial charge in [-0.05, 0) is 50.7 Å². The lowest BCUT2D eigenvalue weighted by molar-refractivity contribution is 0.292. The second-order valence-corrected chi connectivity index (χ2v) is 9.68. The molecule has 0 amide bonds. The number of rotatable bonds is 10. The lowest BCUT2D eigenvalue weighted by atomic mass is 9.87. The molecule has 0 saturated heterocycles. The Morgan fingerprint density at radius 1 is 1.03 bits per heavy atom. The van der Waals surface area contributed by atoms with E-state index in [1.54, 1.807) is 6.20 Å². The molecule has 3 heteroatoms. The largest absolute Gasteiger partial charge is 0.268 e. The smallest absolute Gasteiger partial charge is 0.100 e. The van der Waals surface area contributed by atoms with Crippen LogP contribution in [0.4, 0.5) is 0 Å². The average Bonchev–Trinajstić information content (AvgIpc) is 3.34. The minimum Gasteiger partial charge on any atom is -0.268 e. The molecule has 0 aliphatic heterocycles. The molecular weight excluding hydrogens is 450 g/mol. The maximum atomic E-state index is 5.24. The topological polar surface area (TPSA) is 30.2 Å². The van der Waals surface area contributed by atoms with E-state index in [9.17, 15) is 0 Å². The number of aromatic nitrogens is 2. The lowest BCUT2D eigenvalue weighted by Crippen LogP contribution is -2.15. The Morgan fingerprint density at radius 3 is 2.49 bits per heavy atom. The van der Waals surface area contributed by atoms with Crippen molar-refractivity contribution in [2.24, 2.45) is 10.9 Å². The summed E-state index contributed by atoms with van der Waals surface area (Å²) in [7, 11) is 0. The minimum absolute atomic E-state index is 0.414. The van der Waals surface area contributed by atoms with Gasteiger partial charge in [0.25, 0.3) is 0 Å². The zero-order valence-corrected chi connectivity index (χ0v) is 22.9. The van der Waals surface area contributed by atoms with E-state index in [2.05, 4.69) is 78.5 Å². The van der Waals surface area contributed by atoms with Gasteiger partial charge in [0.1, 0.15) is 5.69 Å². The molecule has 3 nitrogen and oxygen atoms in total. The summed E-state index contributed by atoms with van der Waals surface area (Å²) in [6.07, 6.45) is 27.2. The summed E-state index contributed by atoms with van der Waals surface area (Å²) in [6.45, 7) is 14.4. The van der Waals surface area contributed by atoms with Gasteiger partial charge in [-0.2, -0.15) is 5.10 Å². The van der Waals surface area contributed by atoms with Crippen molar-refractivity contribution in [3.8, 4) is 0 Å². The molecule has 194 valence electrons. The second-order valence-electron chi connectivity index (χ2n) is 9.68. The van der Waals surface area contributed by atoms with Gasteiger partial charge in [0.15, 0.2) is 0 Å². The van der Waals surface area contributed by atoms with E-state index in [4.69, 9.17) is 5.10 Å². The van der Waals surface area contributed by atoms with Gasteiger partial charge in [-0.1, -0.05) is 113 Å². The predicted molar refractivity (Wildman–Crippen MR) is 162 cm³/mol. The van der Waals surface area contributed by atoms with Crippen LogP contribution >= 0.6 is 0 Å². The van der Waals surface area contributed by atoms with Crippen molar-refractivity contribution in [3.05, 3.63) is 115 Å². The van der Waals surface area contributed by atoms with Crippen molar-refractivity contribution < 1.29 is 0 Å². The number of aliphatic imine (C=N–C) groups is 1. The molecule has 1 aromatic heterocycles. The highest BCUT2D eigenvalue weighted by Crippen LogP contribution is 2.34. The first kappa shape index (κ1) is 28.1. The van der Waals surface area contributed by atoms with Crippen LogP contribution in [0.3, 0.4) is 0 Å². The van der Waals surface area contributed by atoms with Crippen LogP contribution in [0.5, 0.6) is 0 Å². The molecule has 3 rings (SSSR count). The number of hydrogen-bond acceptors (Lipinski definition) is 2. The maximum absolute atomic E-state index is 5.24. The molecule has 1 saturated carbocycles. The Kier molecular flexibility index (Phi) is 11.4. The summed E-state index contributed by atoms with van der Waals surface area (Å²) >= 11 is 0. The Labute approximate surface area is 224 Å². The van der Waals surface area contributed by atoms with E-state index in [0.29, 0.717) is 6.04 Å². The van der Waals surface area contributed by atoms with Crippen molar-refractivity contribution in [1.29, 1.82) is 0 Å². The molecule has 0 radical (unpaired) electrons. The molecule has 1 heterocycles. The van der Waals surface area contributed by atoms with E-state index in [0.717, 1.165) is 39.6 Å². The molecule has 37 heavy (non-hydrogen) atoms. The summed E-state index contributed by atoms with van der Waals surface area (Å²) in [5.41, 5.74) is 6.03. The predicted octanol–water partition coefficient (Wildman–Crippen LogP) is 9.54. The van der Waals surface area contributed by atoms with Gasteiger partial charge in [0.05, 0.1) is 11.8 Å². The fourth-order valence-corrected chi connectivity index (χ4v) is 5.09. The molecular formula is C34H43N3. The van der Waals surface area contributed by atoms with Gasteiger partial charge >= 0.3 is 0 Å². The normalized spacial score (nSPS) is 20.2. The Bertz CT molecular complexity index is 1170. The zero-order valence-electron chi connectivity index (χ0n) is 22.9. The quantitative estimate of drug-likeness (QED) is 0.239. The number of benzene rings is 1. The molecule has 2 aromatic rings. The third-order valence-corrected chi connectivity index (χ3v) is 7.20. The zero-order chi connectivity index (χ0) is 26.5. The third kappa shape index (κ3) is 7.76. The van der Waals surface area contributed by atoms with Crippen molar-refractivity contribution in [2.75, 3.05) is 0 Å². The number of allylic oxidation sites excluding steroid dienone is 9. The van der Waals surface area contributed by atoms with Gasteiger partial charge in [-0.25, -0.2) is 0 Å². The van der Waals surface area contributed by atoms with Crippen LogP contribution in [0.2, 0.25) is 0 Å². The molecule has 1 fully saturated rings. The minimum atomic E-state index is 0.414. The van der Waals surface area contributed by atoms with Gasteiger partial charge in [0, 0.05) is 29.1 Å². The number of nitrogens with zero attached hydrogens (tertiary/aromatic N) is 3. The van der Waals surface area contributed by atoms with Crippen LogP contribution in [0, 0.1) is 5.92 Å². The van der Waals surface area contributed by atoms with Crippen molar-refractivity contribution in [1.82, 2.24) is 9.78 Å². The van der Waals surface area contributed by atoms with Gasteiger partial charge in [-0.3, -0.25) is 9.67 Å². The summed E-state index contributed by atoms with van der Waals surface area (Å²) in [4.78, 5) is 4.59. The first-order valence-electron chi connectivity index (χ1n) is 13.8. The van der Waals surface area contributed by atoms with E-state index in [1.165, 1.54) is 44.9 Å².